The highest BCUT2D eigenvalue weighted by atomic mass is 32.2. The van der Waals surface area contributed by atoms with E-state index in [0.29, 0.717) is 11.4 Å². The molecule has 0 aromatic heterocycles. The number of sulfone groups is 1. The molecule has 4 heteroatoms. The lowest BCUT2D eigenvalue weighted by Crippen LogP contribution is -2.13. The second-order valence-electron chi connectivity index (χ2n) is 3.95. The number of nitrogens with one attached hydrogen (secondary N) is 1. The van der Waals surface area contributed by atoms with Gasteiger partial charge in [0.05, 0.1) is 16.7 Å². The lowest BCUT2D eigenvalue weighted by atomic mass is 10.2. The van der Waals surface area contributed by atoms with Crippen molar-refractivity contribution in [3.8, 4) is 11.8 Å². The Hall–Kier alpha value is -1.31. The fourth-order valence-corrected chi connectivity index (χ4v) is 2.36. The van der Waals surface area contributed by atoms with Crippen molar-refractivity contribution in [3.63, 3.8) is 0 Å². The fourth-order valence-electron chi connectivity index (χ4n) is 1.26. The van der Waals surface area contributed by atoms with Crippen LogP contribution in [0.5, 0.6) is 0 Å². The molecule has 0 aliphatic rings. The van der Waals surface area contributed by atoms with Crippen molar-refractivity contribution in [3.05, 3.63) is 29.8 Å². The number of benzene rings is 1. The molecule has 0 bridgehead atoms. The first-order valence-electron chi connectivity index (χ1n) is 5.46. The Morgan fingerprint density at radius 2 is 2.06 bits per heavy atom. The van der Waals surface area contributed by atoms with E-state index < -0.39 is 15.1 Å². The minimum atomic E-state index is -3.21. The van der Waals surface area contributed by atoms with E-state index in [1.807, 2.05) is 13.1 Å². The third-order valence-corrected chi connectivity index (χ3v) is 4.43. The van der Waals surface area contributed by atoms with Crippen molar-refractivity contribution < 1.29 is 8.42 Å². The first-order valence-corrected chi connectivity index (χ1v) is 7.00. The predicted molar refractivity (Wildman–Crippen MR) is 69.6 cm³/mol. The molecular formula is C13H17NO2S. The molecule has 0 aliphatic heterocycles. The Bertz CT molecular complexity index is 536. The van der Waals surface area contributed by atoms with Gasteiger partial charge in [-0.05, 0) is 39.1 Å². The van der Waals surface area contributed by atoms with Crippen LogP contribution in [0.15, 0.2) is 29.2 Å². The molecule has 0 atom stereocenters. The summed E-state index contributed by atoms with van der Waals surface area (Å²) in [6.45, 7) is 3.94. The maximum Gasteiger partial charge on any atom is 0.180 e. The fraction of sp³-hybridized carbons (Fsp3) is 0.385. The summed E-state index contributed by atoms with van der Waals surface area (Å²) in [6, 6.07) is 6.76. The highest BCUT2D eigenvalue weighted by molar-refractivity contribution is 7.92. The van der Waals surface area contributed by atoms with Crippen LogP contribution in [0, 0.1) is 11.8 Å². The summed E-state index contributed by atoms with van der Waals surface area (Å²) >= 11 is 0. The van der Waals surface area contributed by atoms with E-state index in [1.165, 1.54) is 0 Å². The van der Waals surface area contributed by atoms with Crippen molar-refractivity contribution in [2.45, 2.75) is 24.0 Å². The first kappa shape index (κ1) is 13.8. The van der Waals surface area contributed by atoms with Gasteiger partial charge < -0.3 is 5.32 Å². The predicted octanol–water partition coefficient (Wildman–Crippen LogP) is 1.44. The zero-order chi connectivity index (χ0) is 12.9. The SMILES string of the molecule is CNCC#Cc1cccc(S(=O)(=O)C(C)C)c1. The van der Waals surface area contributed by atoms with Crippen LogP contribution in [0.4, 0.5) is 0 Å². The zero-order valence-electron chi connectivity index (χ0n) is 10.3. The molecule has 1 rings (SSSR count). The van der Waals surface area contributed by atoms with E-state index >= 15 is 0 Å². The number of rotatable bonds is 3. The first-order chi connectivity index (χ1) is 7.98. The van der Waals surface area contributed by atoms with Crippen LogP contribution in [-0.2, 0) is 9.84 Å². The Kier molecular flexibility index (Phi) is 4.73. The summed E-state index contributed by atoms with van der Waals surface area (Å²) in [6.07, 6.45) is 0. The molecule has 17 heavy (non-hydrogen) atoms. The molecule has 0 saturated heterocycles. The summed E-state index contributed by atoms with van der Waals surface area (Å²) in [7, 11) is -1.40. The van der Waals surface area contributed by atoms with Gasteiger partial charge in [-0.3, -0.25) is 0 Å². The maximum atomic E-state index is 12.0. The van der Waals surface area contributed by atoms with Crippen LogP contribution in [0.25, 0.3) is 0 Å². The quantitative estimate of drug-likeness (QED) is 0.827. The van der Waals surface area contributed by atoms with Crippen LogP contribution in [0.3, 0.4) is 0 Å². The van der Waals surface area contributed by atoms with Gasteiger partial charge in [0.1, 0.15) is 0 Å². The third-order valence-electron chi connectivity index (χ3n) is 2.28. The Morgan fingerprint density at radius 1 is 1.35 bits per heavy atom. The van der Waals surface area contributed by atoms with Gasteiger partial charge in [-0.2, -0.15) is 0 Å². The average Bonchev–Trinajstić information content (AvgIpc) is 2.29. The molecule has 0 radical (unpaired) electrons. The third kappa shape index (κ3) is 3.58. The number of hydrogen-bond acceptors (Lipinski definition) is 3. The largest absolute Gasteiger partial charge is 0.309 e. The van der Waals surface area contributed by atoms with Gasteiger partial charge in [0.25, 0.3) is 0 Å². The topological polar surface area (TPSA) is 46.2 Å². The van der Waals surface area contributed by atoms with Crippen molar-refractivity contribution in [1.82, 2.24) is 5.32 Å². The van der Waals surface area contributed by atoms with E-state index in [-0.39, 0.29) is 0 Å². The second kappa shape index (κ2) is 5.85. The molecule has 0 amide bonds. The molecule has 0 unspecified atom stereocenters. The molecule has 92 valence electrons. The molecule has 0 aliphatic carbocycles. The van der Waals surface area contributed by atoms with Gasteiger partial charge in [-0.15, -0.1) is 0 Å². The average molecular weight is 251 g/mol. The Balaban J connectivity index is 3.07. The summed E-state index contributed by atoms with van der Waals surface area (Å²) < 4.78 is 23.9. The van der Waals surface area contributed by atoms with Crippen LogP contribution in [0.1, 0.15) is 19.4 Å². The minimum absolute atomic E-state index is 0.337. The molecule has 1 aromatic carbocycles. The van der Waals surface area contributed by atoms with Crippen LogP contribution in [-0.4, -0.2) is 27.3 Å². The molecule has 0 spiro atoms. The lowest BCUT2D eigenvalue weighted by molar-refractivity contribution is 0.587. The smallest absolute Gasteiger partial charge is 0.180 e. The van der Waals surface area contributed by atoms with Crippen LogP contribution >= 0.6 is 0 Å². The molecule has 1 N–H and O–H groups in total. The molecule has 0 fully saturated rings. The highest BCUT2D eigenvalue weighted by Crippen LogP contribution is 2.16. The highest BCUT2D eigenvalue weighted by Gasteiger charge is 2.18. The van der Waals surface area contributed by atoms with E-state index in [9.17, 15) is 8.42 Å². The van der Waals surface area contributed by atoms with Gasteiger partial charge in [-0.1, -0.05) is 17.9 Å². The van der Waals surface area contributed by atoms with Gasteiger partial charge in [0, 0.05) is 5.56 Å². The summed E-state index contributed by atoms with van der Waals surface area (Å²) in [5, 5.41) is 2.50. The van der Waals surface area contributed by atoms with E-state index in [2.05, 4.69) is 17.2 Å². The van der Waals surface area contributed by atoms with Gasteiger partial charge in [0.15, 0.2) is 9.84 Å². The number of hydrogen-bond donors (Lipinski definition) is 1. The standard InChI is InChI=1S/C13H17NO2S/c1-11(2)17(15,16)13-8-4-6-12(10-13)7-5-9-14-3/h4,6,8,10-11,14H,9H2,1-3H3. The normalized spacial score (nSPS) is 11.1. The van der Waals surface area contributed by atoms with Crippen molar-refractivity contribution in [2.24, 2.45) is 0 Å². The second-order valence-corrected chi connectivity index (χ2v) is 6.46. The maximum absolute atomic E-state index is 12.0. The monoisotopic (exact) mass is 251 g/mol. The van der Waals surface area contributed by atoms with Gasteiger partial charge in [-0.25, -0.2) is 8.42 Å². The molecule has 3 nitrogen and oxygen atoms in total. The van der Waals surface area contributed by atoms with E-state index in [1.54, 1.807) is 32.0 Å². The van der Waals surface area contributed by atoms with Crippen molar-refractivity contribution in [2.75, 3.05) is 13.6 Å². The Morgan fingerprint density at radius 3 is 2.65 bits per heavy atom. The van der Waals surface area contributed by atoms with Gasteiger partial charge in [0.2, 0.25) is 0 Å². The summed E-state index contributed by atoms with van der Waals surface area (Å²) in [5.41, 5.74) is 0.724. The minimum Gasteiger partial charge on any atom is -0.309 e. The molecule has 0 saturated carbocycles. The van der Waals surface area contributed by atoms with Crippen LogP contribution in [0.2, 0.25) is 0 Å². The molecular weight excluding hydrogens is 234 g/mol. The zero-order valence-corrected chi connectivity index (χ0v) is 11.1. The van der Waals surface area contributed by atoms with E-state index in [4.69, 9.17) is 0 Å². The van der Waals surface area contributed by atoms with E-state index in [0.717, 1.165) is 5.56 Å². The van der Waals surface area contributed by atoms with Gasteiger partial charge >= 0.3 is 0 Å². The Labute approximate surface area is 103 Å². The van der Waals surface area contributed by atoms with Crippen molar-refractivity contribution >= 4 is 9.84 Å². The summed E-state index contributed by atoms with van der Waals surface area (Å²) in [4.78, 5) is 0.337. The van der Waals surface area contributed by atoms with Crippen LogP contribution < -0.4 is 5.32 Å². The summed E-state index contributed by atoms with van der Waals surface area (Å²) in [5.74, 6) is 5.82. The lowest BCUT2D eigenvalue weighted by Gasteiger charge is -2.07. The molecule has 0 heterocycles. The van der Waals surface area contributed by atoms with Crippen molar-refractivity contribution in [1.29, 1.82) is 0 Å². The molecule has 1 aromatic rings.